The molecule has 0 fully saturated rings. The Morgan fingerprint density at radius 1 is 1.27 bits per heavy atom. The highest BCUT2D eigenvalue weighted by molar-refractivity contribution is 5.48. The van der Waals surface area contributed by atoms with E-state index in [-0.39, 0.29) is 0 Å². The maximum absolute atomic E-state index is 9.88. The Morgan fingerprint density at radius 2 is 2.09 bits per heavy atom. The monoisotopic (exact) mass is 148 g/mol. The Morgan fingerprint density at radius 3 is 2.73 bits per heavy atom. The van der Waals surface area contributed by atoms with Crippen molar-refractivity contribution in [2.45, 2.75) is 32.6 Å². The smallest absolute Gasteiger partial charge is 0.119 e. The third-order valence-corrected chi connectivity index (χ3v) is 1.15. The lowest BCUT2D eigenvalue weighted by atomic mass is 10.2. The van der Waals surface area contributed by atoms with Crippen LogP contribution in [-0.4, -0.2) is 6.29 Å². The van der Waals surface area contributed by atoms with Gasteiger partial charge in [0, 0.05) is 12.8 Å². The third-order valence-electron chi connectivity index (χ3n) is 1.15. The lowest BCUT2D eigenvalue weighted by molar-refractivity contribution is -0.107. The van der Waals surface area contributed by atoms with E-state index in [4.69, 9.17) is 0 Å². The molecular formula is C10H12O. The molecule has 0 aromatic heterocycles. The molecule has 0 saturated carbocycles. The predicted octanol–water partition coefficient (Wildman–Crippen LogP) is 1.77. The van der Waals surface area contributed by atoms with Gasteiger partial charge in [-0.25, -0.2) is 0 Å². The van der Waals surface area contributed by atoms with E-state index in [1.165, 1.54) is 0 Å². The van der Waals surface area contributed by atoms with Crippen LogP contribution >= 0.6 is 0 Å². The van der Waals surface area contributed by atoms with E-state index < -0.39 is 0 Å². The summed E-state index contributed by atoms with van der Waals surface area (Å²) in [5, 5.41) is 0. The first-order valence-electron chi connectivity index (χ1n) is 3.75. The van der Waals surface area contributed by atoms with Crippen LogP contribution in [-0.2, 0) is 4.79 Å². The first-order chi connectivity index (χ1) is 5.41. The highest BCUT2D eigenvalue weighted by Gasteiger charge is 1.82. The van der Waals surface area contributed by atoms with Gasteiger partial charge in [-0.3, -0.25) is 0 Å². The molecule has 11 heavy (non-hydrogen) atoms. The quantitative estimate of drug-likeness (QED) is 0.337. The summed E-state index contributed by atoms with van der Waals surface area (Å²) in [6.07, 6.45) is 4.39. The van der Waals surface area contributed by atoms with E-state index >= 15 is 0 Å². The number of carbonyl (C=O) groups excluding carboxylic acids is 1. The fourth-order valence-corrected chi connectivity index (χ4v) is 0.610. The molecule has 1 heteroatoms. The van der Waals surface area contributed by atoms with Crippen LogP contribution in [0.25, 0.3) is 0 Å². The molecule has 0 aromatic carbocycles. The maximum Gasteiger partial charge on any atom is 0.119 e. The van der Waals surface area contributed by atoms with Gasteiger partial charge >= 0.3 is 0 Å². The Kier molecular flexibility index (Phi) is 7.82. The molecule has 0 saturated heterocycles. The first kappa shape index (κ1) is 9.79. The summed E-state index contributed by atoms with van der Waals surface area (Å²) < 4.78 is 0. The van der Waals surface area contributed by atoms with Crippen molar-refractivity contribution >= 4 is 6.29 Å². The van der Waals surface area contributed by atoms with E-state index in [9.17, 15) is 4.79 Å². The molecule has 0 aliphatic rings. The van der Waals surface area contributed by atoms with Gasteiger partial charge in [0.15, 0.2) is 0 Å². The summed E-state index contributed by atoms with van der Waals surface area (Å²) in [7, 11) is 0. The highest BCUT2D eigenvalue weighted by atomic mass is 16.1. The largest absolute Gasteiger partial charge is 0.303 e. The Hall–Kier alpha value is -1.21. The maximum atomic E-state index is 9.88. The molecular weight excluding hydrogens is 136 g/mol. The van der Waals surface area contributed by atoms with E-state index in [1.807, 2.05) is 0 Å². The minimum atomic E-state index is 0.654. The van der Waals surface area contributed by atoms with Gasteiger partial charge in [-0.15, -0.1) is 0 Å². The Balaban J connectivity index is 3.19. The second-order valence-corrected chi connectivity index (χ2v) is 2.09. The number of hydrogen-bond acceptors (Lipinski definition) is 1. The zero-order valence-electron chi connectivity index (χ0n) is 6.81. The summed E-state index contributed by atoms with van der Waals surface area (Å²) in [5.41, 5.74) is 0. The Labute approximate surface area is 68.2 Å². The van der Waals surface area contributed by atoms with Crippen molar-refractivity contribution < 1.29 is 4.79 Å². The lowest BCUT2D eigenvalue weighted by Gasteiger charge is -1.86. The molecule has 58 valence electrons. The molecule has 0 aromatic rings. The average Bonchev–Trinajstić information content (AvgIpc) is 2.03. The normalized spacial score (nSPS) is 7.00. The van der Waals surface area contributed by atoms with Crippen molar-refractivity contribution in [2.75, 3.05) is 0 Å². The average molecular weight is 148 g/mol. The molecule has 0 heterocycles. The van der Waals surface area contributed by atoms with Crippen LogP contribution in [0.15, 0.2) is 0 Å². The van der Waals surface area contributed by atoms with Gasteiger partial charge in [-0.2, -0.15) is 0 Å². The van der Waals surface area contributed by atoms with Gasteiger partial charge in [0.1, 0.15) is 6.29 Å². The highest BCUT2D eigenvalue weighted by Crippen LogP contribution is 1.95. The van der Waals surface area contributed by atoms with Crippen LogP contribution in [0.2, 0.25) is 0 Å². The van der Waals surface area contributed by atoms with Crippen molar-refractivity contribution in [2.24, 2.45) is 0 Å². The van der Waals surface area contributed by atoms with Gasteiger partial charge in [0.05, 0.1) is 0 Å². The summed E-state index contributed by atoms with van der Waals surface area (Å²) in [6.45, 7) is 1.76. The molecule has 0 N–H and O–H groups in total. The van der Waals surface area contributed by atoms with Crippen LogP contribution < -0.4 is 0 Å². The van der Waals surface area contributed by atoms with Gasteiger partial charge < -0.3 is 4.79 Å². The summed E-state index contributed by atoms with van der Waals surface area (Å²) in [4.78, 5) is 9.88. The van der Waals surface area contributed by atoms with Crippen molar-refractivity contribution in [3.05, 3.63) is 0 Å². The van der Waals surface area contributed by atoms with Crippen LogP contribution in [0, 0.1) is 23.7 Å². The topological polar surface area (TPSA) is 17.1 Å². The molecule has 0 aliphatic carbocycles. The third kappa shape index (κ3) is 8.79. The van der Waals surface area contributed by atoms with Crippen molar-refractivity contribution in [1.82, 2.24) is 0 Å². The van der Waals surface area contributed by atoms with Crippen LogP contribution in [0.5, 0.6) is 0 Å². The SMILES string of the molecule is CC#CC#CCCCCC=O. The molecule has 0 rings (SSSR count). The molecule has 0 bridgehead atoms. The van der Waals surface area contributed by atoms with Gasteiger partial charge in [0.25, 0.3) is 0 Å². The molecule has 0 aliphatic heterocycles. The molecule has 0 radical (unpaired) electrons. The fourth-order valence-electron chi connectivity index (χ4n) is 0.610. The fraction of sp³-hybridized carbons (Fsp3) is 0.500. The summed E-state index contributed by atoms with van der Waals surface area (Å²) >= 11 is 0. The standard InChI is InChI=1S/C10H12O/c1-2-3-4-5-6-7-8-9-10-11/h10H,6-9H2,1H3. The summed E-state index contributed by atoms with van der Waals surface area (Å²) in [6, 6.07) is 0. The molecule has 0 amide bonds. The van der Waals surface area contributed by atoms with E-state index in [0.29, 0.717) is 6.42 Å². The van der Waals surface area contributed by atoms with E-state index in [0.717, 1.165) is 25.5 Å². The minimum absolute atomic E-state index is 0.654. The zero-order valence-corrected chi connectivity index (χ0v) is 6.81. The second kappa shape index (κ2) is 8.79. The van der Waals surface area contributed by atoms with Crippen molar-refractivity contribution in [1.29, 1.82) is 0 Å². The second-order valence-electron chi connectivity index (χ2n) is 2.09. The number of carbonyl (C=O) groups is 1. The number of unbranched alkanes of at least 4 members (excludes halogenated alkanes) is 3. The van der Waals surface area contributed by atoms with Crippen molar-refractivity contribution in [3.8, 4) is 23.7 Å². The van der Waals surface area contributed by atoms with E-state index in [2.05, 4.69) is 23.7 Å². The van der Waals surface area contributed by atoms with Gasteiger partial charge in [0.2, 0.25) is 0 Å². The molecule has 0 atom stereocenters. The summed E-state index contributed by atoms with van der Waals surface area (Å²) in [5.74, 6) is 11.0. The Bertz CT molecular complexity index is 206. The first-order valence-corrected chi connectivity index (χ1v) is 3.75. The van der Waals surface area contributed by atoms with Crippen LogP contribution in [0.4, 0.5) is 0 Å². The number of rotatable bonds is 4. The van der Waals surface area contributed by atoms with Crippen LogP contribution in [0.3, 0.4) is 0 Å². The number of hydrogen-bond donors (Lipinski definition) is 0. The minimum Gasteiger partial charge on any atom is -0.303 e. The molecule has 1 nitrogen and oxygen atoms in total. The predicted molar refractivity (Wildman–Crippen MR) is 45.8 cm³/mol. The molecule has 0 unspecified atom stereocenters. The van der Waals surface area contributed by atoms with E-state index in [1.54, 1.807) is 6.92 Å². The zero-order chi connectivity index (χ0) is 8.36. The van der Waals surface area contributed by atoms with Gasteiger partial charge in [-0.1, -0.05) is 11.8 Å². The van der Waals surface area contributed by atoms with Gasteiger partial charge in [-0.05, 0) is 31.6 Å². The van der Waals surface area contributed by atoms with Crippen LogP contribution in [0.1, 0.15) is 32.6 Å². The lowest BCUT2D eigenvalue weighted by Crippen LogP contribution is -1.75. The van der Waals surface area contributed by atoms with Crippen molar-refractivity contribution in [3.63, 3.8) is 0 Å². The number of aldehydes is 1. The molecule has 0 spiro atoms.